The number of oxime groups is 1. The third-order valence-electron chi connectivity index (χ3n) is 9.26. The molecule has 22 heteroatoms. The van der Waals surface area contributed by atoms with E-state index >= 15 is 0 Å². The average molecular weight is 819 g/mol. The van der Waals surface area contributed by atoms with E-state index < -0.39 is 57.2 Å². The maximum atomic E-state index is 13.6. The lowest BCUT2D eigenvalue weighted by Gasteiger charge is -2.50. The summed E-state index contributed by atoms with van der Waals surface area (Å²) < 4.78 is 49.0. The molecule has 2 aromatic heterocycles. The minimum atomic E-state index is -5.05. The van der Waals surface area contributed by atoms with Crippen molar-refractivity contribution in [1.29, 1.82) is 0 Å². The van der Waals surface area contributed by atoms with Crippen LogP contribution >= 0.6 is 11.3 Å². The number of amides is 2. The fourth-order valence-corrected chi connectivity index (χ4v) is 7.15. The van der Waals surface area contributed by atoms with Gasteiger partial charge in [0, 0.05) is 17.0 Å². The minimum absolute atomic E-state index is 0.0449. The van der Waals surface area contributed by atoms with Crippen molar-refractivity contribution >= 4 is 62.7 Å². The molecule has 3 atom stereocenters. The number of anilines is 2. The van der Waals surface area contributed by atoms with Crippen LogP contribution in [0.2, 0.25) is 0 Å². The van der Waals surface area contributed by atoms with Gasteiger partial charge < -0.3 is 36.8 Å². The number of carbonyl (C=O) groups excluding carboxylic acids is 4. The van der Waals surface area contributed by atoms with E-state index in [9.17, 15) is 27.6 Å². The molecule has 5 rings (SSSR count). The second kappa shape index (κ2) is 17.3. The quantitative estimate of drug-likeness (QED) is 0.0115. The number of thiazole rings is 1. The summed E-state index contributed by atoms with van der Waals surface area (Å²) in [5, 5.41) is 11.6. The van der Waals surface area contributed by atoms with E-state index in [1.54, 1.807) is 6.07 Å². The number of carbonyl (C=O) groups is 4. The van der Waals surface area contributed by atoms with Crippen molar-refractivity contribution in [2.24, 2.45) is 16.6 Å². The van der Waals surface area contributed by atoms with E-state index in [1.807, 2.05) is 30.5 Å². The van der Waals surface area contributed by atoms with Crippen LogP contribution in [0.3, 0.4) is 0 Å². The molecule has 2 aliphatic heterocycles. The lowest BCUT2D eigenvalue weighted by molar-refractivity contribution is -0.682. The Balaban J connectivity index is 1.39. The average Bonchev–Trinajstić information content (AvgIpc) is 3.60. The van der Waals surface area contributed by atoms with Crippen LogP contribution in [0.1, 0.15) is 51.3 Å². The number of nitrogens with one attached hydrogen (secondary N) is 2. The van der Waals surface area contributed by atoms with Gasteiger partial charge in [-0.05, 0) is 88.9 Å². The lowest BCUT2D eigenvalue weighted by atomic mass is 9.84. The SMILES string of the molecule is CC1(C)[C@H](NC(=O)/C(=N\O[C@](C)(C(=O)OC=O)[C@H]2CCc3cc(-c4ccc(NCCCN)[n+](CCCN)c4)ccc3O2)c2csc(N)n2)C(=O)N1OS(=O)(=O)O. The maximum Gasteiger partial charge on any atom is 0.418 e. The number of hydrogen-bond donors (Lipinski definition) is 6. The fourth-order valence-electron chi connectivity index (χ4n) is 6.15. The monoisotopic (exact) mass is 818 g/mol. The van der Waals surface area contributed by atoms with Crippen LogP contribution < -0.4 is 37.1 Å². The molecule has 4 heterocycles. The normalized spacial score (nSPS) is 18.8. The van der Waals surface area contributed by atoms with E-state index in [0.717, 1.165) is 53.2 Å². The Bertz CT molecular complexity index is 2110. The standard InChI is InChI=1S/C34H43N9O11S2/c1-33(2)28(30(46)43(33)54-56(48,49)50)40-29(45)27(23-18-55-32(37)39-23)41-53-34(3,31(47)51-19-44)25-10-7-21-16-20(6-9-24(21)52-25)22-8-11-26(38-14-4-12-35)42(17-22)15-5-13-36/h6,8-9,11,16-19,25,28H,4-5,7,10,12-15,35-36H2,1-3H3,(H4,37,39,40,45,48,49,50)/p+1/b41-27-/t25-,28-,34+/m1/s1. The summed E-state index contributed by atoms with van der Waals surface area (Å²) in [7, 11) is -5.05. The van der Waals surface area contributed by atoms with Crippen LogP contribution in [0.4, 0.5) is 10.9 Å². The van der Waals surface area contributed by atoms with Gasteiger partial charge >= 0.3 is 22.8 Å². The number of esters is 1. The van der Waals surface area contributed by atoms with E-state index in [0.29, 0.717) is 36.9 Å². The van der Waals surface area contributed by atoms with Gasteiger partial charge in [0.25, 0.3) is 23.2 Å². The Kier molecular flexibility index (Phi) is 12.9. The number of rotatable bonds is 18. The zero-order valence-corrected chi connectivity index (χ0v) is 32.4. The van der Waals surface area contributed by atoms with Crippen molar-refractivity contribution < 1.29 is 55.3 Å². The van der Waals surface area contributed by atoms with E-state index in [2.05, 4.69) is 29.6 Å². The number of hydrogen-bond acceptors (Lipinski definition) is 17. The van der Waals surface area contributed by atoms with Gasteiger partial charge in [0.1, 0.15) is 17.5 Å². The molecule has 56 heavy (non-hydrogen) atoms. The molecule has 0 aliphatic carbocycles. The summed E-state index contributed by atoms with van der Waals surface area (Å²) in [5.41, 5.74) is 15.8. The molecule has 1 aromatic carbocycles. The molecule has 0 bridgehead atoms. The third kappa shape index (κ3) is 9.22. The van der Waals surface area contributed by atoms with Gasteiger partial charge in [-0.15, -0.1) is 15.6 Å². The van der Waals surface area contributed by atoms with Crippen molar-refractivity contribution in [1.82, 2.24) is 15.4 Å². The predicted molar refractivity (Wildman–Crippen MR) is 201 cm³/mol. The Morgan fingerprint density at radius 3 is 2.59 bits per heavy atom. The number of nitrogens with two attached hydrogens (primary N) is 3. The van der Waals surface area contributed by atoms with Crippen LogP contribution in [-0.4, -0.2) is 95.9 Å². The molecule has 2 aliphatic rings. The van der Waals surface area contributed by atoms with Crippen LogP contribution in [0.15, 0.2) is 47.1 Å². The summed E-state index contributed by atoms with van der Waals surface area (Å²) in [6.07, 6.45) is 3.17. The van der Waals surface area contributed by atoms with Crippen LogP contribution in [0.5, 0.6) is 5.75 Å². The molecular weight excluding hydrogens is 775 g/mol. The third-order valence-corrected chi connectivity index (χ3v) is 10.3. The van der Waals surface area contributed by atoms with Gasteiger partial charge in [-0.1, -0.05) is 11.2 Å². The molecule has 1 saturated heterocycles. The molecule has 0 unspecified atom stereocenters. The zero-order valence-electron chi connectivity index (χ0n) is 30.8. The number of nitrogens with zero attached hydrogens (tertiary/aromatic N) is 4. The Morgan fingerprint density at radius 2 is 1.95 bits per heavy atom. The largest absolute Gasteiger partial charge is 0.485 e. The predicted octanol–water partition coefficient (Wildman–Crippen LogP) is 0.202. The number of ether oxygens (including phenoxy) is 2. The summed E-state index contributed by atoms with van der Waals surface area (Å²) in [4.78, 5) is 60.9. The van der Waals surface area contributed by atoms with E-state index in [-0.39, 0.29) is 23.7 Å². The van der Waals surface area contributed by atoms with Gasteiger partial charge in [-0.2, -0.15) is 13.5 Å². The molecule has 3 aromatic rings. The highest BCUT2D eigenvalue weighted by Gasteiger charge is 2.58. The molecule has 0 radical (unpaired) electrons. The second-order valence-corrected chi connectivity index (χ2v) is 15.5. The van der Waals surface area contributed by atoms with Gasteiger partial charge in [-0.25, -0.2) is 14.3 Å². The maximum absolute atomic E-state index is 13.6. The Hall–Kier alpha value is -5.26. The number of fused-ring (bicyclic) bond motifs is 1. The van der Waals surface area contributed by atoms with Gasteiger partial charge in [0.05, 0.1) is 24.8 Å². The van der Waals surface area contributed by atoms with Crippen molar-refractivity contribution in [3.63, 3.8) is 0 Å². The topological polar surface area (TPSA) is 294 Å². The number of β-lactam (4-membered cyclic amide) rings is 1. The first kappa shape index (κ1) is 41.9. The first-order valence-electron chi connectivity index (χ1n) is 17.4. The number of nitrogen functional groups attached to an aromatic ring is 1. The number of hydroxylamine groups is 2. The van der Waals surface area contributed by atoms with Gasteiger partial charge in [-0.3, -0.25) is 24.3 Å². The first-order valence-corrected chi connectivity index (χ1v) is 19.7. The molecule has 302 valence electrons. The van der Waals surface area contributed by atoms with Crippen molar-refractivity contribution in [2.75, 3.05) is 30.7 Å². The van der Waals surface area contributed by atoms with E-state index in [4.69, 9.17) is 36.1 Å². The Labute approximate surface area is 326 Å². The number of aromatic nitrogens is 2. The van der Waals surface area contributed by atoms with Crippen LogP contribution in [-0.2, 0) is 56.4 Å². The molecule has 1 fully saturated rings. The fraction of sp³-hybridized carbons (Fsp3) is 0.441. The number of aryl methyl sites for hydroxylation is 2. The van der Waals surface area contributed by atoms with Crippen LogP contribution in [0.25, 0.3) is 11.1 Å². The number of benzene rings is 1. The van der Waals surface area contributed by atoms with Crippen LogP contribution in [0, 0.1) is 0 Å². The molecule has 9 N–H and O–H groups in total. The number of pyridine rings is 1. The first-order chi connectivity index (χ1) is 26.5. The van der Waals surface area contributed by atoms with Crippen molar-refractivity contribution in [3.8, 4) is 16.9 Å². The summed E-state index contributed by atoms with van der Waals surface area (Å²) in [5.74, 6) is -1.83. The molecule has 0 spiro atoms. The van der Waals surface area contributed by atoms with Gasteiger partial charge in [0.15, 0.2) is 16.9 Å². The molecule has 0 saturated carbocycles. The smallest absolute Gasteiger partial charge is 0.418 e. The minimum Gasteiger partial charge on any atom is -0.485 e. The zero-order chi connectivity index (χ0) is 40.8. The Morgan fingerprint density at radius 1 is 1.21 bits per heavy atom. The molecule has 20 nitrogen and oxygen atoms in total. The molecule has 2 amide bonds. The lowest BCUT2D eigenvalue weighted by Crippen LogP contribution is -2.76. The van der Waals surface area contributed by atoms with E-state index in [1.165, 1.54) is 26.2 Å². The summed E-state index contributed by atoms with van der Waals surface area (Å²) >= 11 is 0.956. The highest BCUT2D eigenvalue weighted by atomic mass is 32.3. The second-order valence-electron chi connectivity index (χ2n) is 13.6. The van der Waals surface area contributed by atoms with Crippen molar-refractivity contribution in [3.05, 3.63) is 53.2 Å². The highest BCUT2D eigenvalue weighted by Crippen LogP contribution is 2.37. The van der Waals surface area contributed by atoms with Crippen molar-refractivity contribution in [2.45, 2.75) is 76.3 Å². The van der Waals surface area contributed by atoms with Gasteiger partial charge in [0.2, 0.25) is 0 Å². The summed E-state index contributed by atoms with van der Waals surface area (Å²) in [6.45, 7) is 6.50. The summed E-state index contributed by atoms with van der Waals surface area (Å²) in [6, 6.07) is 8.25. The molecular formula is C34H44N9O11S2+. The highest BCUT2D eigenvalue weighted by molar-refractivity contribution is 7.80.